The topological polar surface area (TPSA) is 83.0 Å². The number of hydrogen-bond donors (Lipinski definition) is 1. The molecule has 0 spiro atoms. The number of fused-ring (bicyclic) bond motifs is 3. The number of hydrogen-bond acceptors (Lipinski definition) is 6. The number of nitrogens with zero attached hydrogens (tertiary/aromatic N) is 6. The summed E-state index contributed by atoms with van der Waals surface area (Å²) in [4.78, 5) is 29.9. The number of amides is 1. The Balaban J connectivity index is 1.49. The monoisotopic (exact) mass is 459 g/mol. The first-order chi connectivity index (χ1) is 16.7. The summed E-state index contributed by atoms with van der Waals surface area (Å²) in [6, 6.07) is 10.5. The maximum Gasteiger partial charge on any atom is 0.281 e. The molecule has 178 valence electrons. The van der Waals surface area contributed by atoms with Crippen molar-refractivity contribution in [2.75, 3.05) is 42.5 Å². The molecule has 1 atom stereocenters. The summed E-state index contributed by atoms with van der Waals surface area (Å²) in [7, 11) is 0. The Morgan fingerprint density at radius 3 is 2.82 bits per heavy atom. The summed E-state index contributed by atoms with van der Waals surface area (Å²) in [5, 5.41) is 0. The van der Waals surface area contributed by atoms with E-state index >= 15 is 0 Å². The summed E-state index contributed by atoms with van der Waals surface area (Å²) < 4.78 is 2.00. The van der Waals surface area contributed by atoms with E-state index in [1.54, 1.807) is 0 Å². The van der Waals surface area contributed by atoms with Crippen LogP contribution in [-0.2, 0) is 13.0 Å². The molecular formula is C26H33N7O. The highest BCUT2D eigenvalue weighted by Crippen LogP contribution is 2.34. The highest BCUT2D eigenvalue weighted by Gasteiger charge is 2.41. The number of benzene rings is 1. The molecule has 1 amide bonds. The molecule has 1 aromatic heterocycles. The van der Waals surface area contributed by atoms with Crippen LogP contribution in [0.2, 0.25) is 0 Å². The van der Waals surface area contributed by atoms with Crippen molar-refractivity contribution in [3.63, 3.8) is 0 Å². The average Bonchev–Trinajstić information content (AvgIpc) is 3.25. The van der Waals surface area contributed by atoms with Crippen molar-refractivity contribution in [3.8, 4) is 11.8 Å². The van der Waals surface area contributed by atoms with Crippen molar-refractivity contribution in [2.24, 2.45) is 10.7 Å². The van der Waals surface area contributed by atoms with Crippen molar-refractivity contribution in [1.29, 1.82) is 0 Å². The fourth-order valence-electron chi connectivity index (χ4n) is 5.10. The molecule has 0 unspecified atom stereocenters. The molecule has 1 saturated heterocycles. The van der Waals surface area contributed by atoms with Gasteiger partial charge in [-0.1, -0.05) is 36.3 Å². The number of carbonyl (C=O) groups is 1. The molecule has 2 N–H and O–H groups in total. The zero-order valence-electron chi connectivity index (χ0n) is 19.9. The lowest BCUT2D eigenvalue weighted by Crippen LogP contribution is -2.54. The van der Waals surface area contributed by atoms with Gasteiger partial charge in [-0.2, -0.15) is 4.98 Å². The van der Waals surface area contributed by atoms with Crippen molar-refractivity contribution < 1.29 is 4.79 Å². The fourth-order valence-corrected chi connectivity index (χ4v) is 5.10. The second-order valence-electron chi connectivity index (χ2n) is 9.18. The summed E-state index contributed by atoms with van der Waals surface area (Å²) >= 11 is 0. The molecule has 4 heterocycles. The summed E-state index contributed by atoms with van der Waals surface area (Å²) in [5.74, 6) is 8.37. The molecule has 3 aliphatic rings. The average molecular weight is 460 g/mol. The molecule has 2 aromatic rings. The molecule has 8 heteroatoms. The zero-order valence-corrected chi connectivity index (χ0v) is 19.9. The van der Waals surface area contributed by atoms with E-state index < -0.39 is 0 Å². The van der Waals surface area contributed by atoms with Gasteiger partial charge in [0.1, 0.15) is 0 Å². The number of imidazole rings is 1. The summed E-state index contributed by atoms with van der Waals surface area (Å²) in [6.45, 7) is 6.06. The SMILES string of the molecule is CC#CCn1c(N2CCC[C@@H](N)C2)nc2c1C(=O)N(CCCc1ccccc1)C1=NCCCN12. The van der Waals surface area contributed by atoms with Crippen LogP contribution in [0.25, 0.3) is 0 Å². The predicted molar refractivity (Wildman–Crippen MR) is 135 cm³/mol. The normalized spacial score (nSPS) is 19.8. The number of piperidine rings is 1. The van der Waals surface area contributed by atoms with Gasteiger partial charge >= 0.3 is 0 Å². The van der Waals surface area contributed by atoms with E-state index in [0.29, 0.717) is 18.8 Å². The van der Waals surface area contributed by atoms with Crippen LogP contribution in [0.3, 0.4) is 0 Å². The van der Waals surface area contributed by atoms with Crippen molar-refractivity contribution in [2.45, 2.75) is 51.6 Å². The van der Waals surface area contributed by atoms with Gasteiger partial charge in [0.25, 0.3) is 5.91 Å². The Morgan fingerprint density at radius 1 is 1.18 bits per heavy atom. The smallest absolute Gasteiger partial charge is 0.281 e. The largest absolute Gasteiger partial charge is 0.341 e. The van der Waals surface area contributed by atoms with Gasteiger partial charge in [-0.05, 0) is 44.6 Å². The first-order valence-electron chi connectivity index (χ1n) is 12.4. The molecule has 0 radical (unpaired) electrons. The van der Waals surface area contributed by atoms with Crippen LogP contribution >= 0.6 is 0 Å². The third kappa shape index (κ3) is 4.28. The van der Waals surface area contributed by atoms with E-state index in [9.17, 15) is 4.79 Å². The van der Waals surface area contributed by atoms with Crippen molar-refractivity contribution in [3.05, 3.63) is 41.6 Å². The lowest BCUT2D eigenvalue weighted by atomic mass is 10.1. The van der Waals surface area contributed by atoms with Gasteiger partial charge in [0.05, 0.1) is 6.54 Å². The standard InChI is InChI=1S/C26H33N7O/c1-2-3-16-31-22-23(29-26(31)30-15-8-13-21(27)19-30)32-18-9-14-28-25(32)33(24(22)34)17-7-12-20-10-5-4-6-11-20/h4-6,10-11,21H,7-9,12-19,27H2,1H3/t21-/m1/s1. The van der Waals surface area contributed by atoms with Gasteiger partial charge in [0.15, 0.2) is 11.5 Å². The number of aliphatic imine (C=N–C) groups is 1. The van der Waals surface area contributed by atoms with Crippen LogP contribution in [0.1, 0.15) is 48.7 Å². The molecule has 1 fully saturated rings. The fraction of sp³-hybridized carbons (Fsp3) is 0.500. The number of guanidine groups is 1. The van der Waals surface area contributed by atoms with Gasteiger partial charge in [0.2, 0.25) is 11.9 Å². The molecule has 5 rings (SSSR count). The van der Waals surface area contributed by atoms with Crippen LogP contribution in [0.15, 0.2) is 35.3 Å². The molecule has 3 aliphatic heterocycles. The van der Waals surface area contributed by atoms with Gasteiger partial charge in [-0.25, -0.2) is 0 Å². The first-order valence-corrected chi connectivity index (χ1v) is 12.4. The van der Waals surface area contributed by atoms with Gasteiger partial charge in [-0.15, -0.1) is 5.92 Å². The minimum atomic E-state index is -0.0297. The number of nitrogens with two attached hydrogens (primary N) is 1. The number of rotatable bonds is 6. The maximum atomic E-state index is 13.9. The Hall–Kier alpha value is -3.31. The van der Waals surface area contributed by atoms with E-state index in [1.807, 2.05) is 22.5 Å². The molecule has 0 saturated carbocycles. The second-order valence-corrected chi connectivity index (χ2v) is 9.18. The third-order valence-electron chi connectivity index (χ3n) is 6.75. The Morgan fingerprint density at radius 2 is 2.03 bits per heavy atom. The first kappa shape index (κ1) is 22.5. The van der Waals surface area contributed by atoms with E-state index in [0.717, 1.165) is 76.0 Å². The lowest BCUT2D eigenvalue weighted by molar-refractivity contribution is 0.0827. The molecule has 1 aromatic carbocycles. The number of aryl methyl sites for hydroxylation is 1. The van der Waals surface area contributed by atoms with Gasteiger partial charge in [-0.3, -0.25) is 24.2 Å². The van der Waals surface area contributed by atoms with E-state index in [1.165, 1.54) is 5.56 Å². The highest BCUT2D eigenvalue weighted by atomic mass is 16.2. The Bertz CT molecular complexity index is 1130. The van der Waals surface area contributed by atoms with Crippen molar-refractivity contribution in [1.82, 2.24) is 14.5 Å². The predicted octanol–water partition coefficient (Wildman–Crippen LogP) is 2.49. The van der Waals surface area contributed by atoms with Crippen LogP contribution in [0, 0.1) is 11.8 Å². The van der Waals surface area contributed by atoms with E-state index in [-0.39, 0.29) is 11.9 Å². The number of anilines is 2. The van der Waals surface area contributed by atoms with E-state index in [4.69, 9.17) is 15.7 Å². The van der Waals surface area contributed by atoms with Crippen molar-refractivity contribution >= 4 is 23.6 Å². The van der Waals surface area contributed by atoms with Crippen LogP contribution < -0.4 is 15.5 Å². The number of aromatic nitrogens is 2. The molecule has 0 bridgehead atoms. The third-order valence-corrected chi connectivity index (χ3v) is 6.75. The van der Waals surface area contributed by atoms with Gasteiger partial charge in [0, 0.05) is 38.8 Å². The molecule has 0 aliphatic carbocycles. The minimum absolute atomic E-state index is 0.0297. The Labute approximate surface area is 201 Å². The van der Waals surface area contributed by atoms with E-state index in [2.05, 4.69) is 45.9 Å². The second kappa shape index (κ2) is 9.90. The lowest BCUT2D eigenvalue weighted by Gasteiger charge is -2.38. The van der Waals surface area contributed by atoms with Crippen LogP contribution in [0.5, 0.6) is 0 Å². The Kier molecular flexibility index (Phi) is 6.54. The zero-order chi connectivity index (χ0) is 23.5. The molecular weight excluding hydrogens is 426 g/mol. The summed E-state index contributed by atoms with van der Waals surface area (Å²) in [6.07, 6.45) is 4.77. The van der Waals surface area contributed by atoms with Gasteiger partial charge < -0.3 is 10.6 Å². The molecule has 34 heavy (non-hydrogen) atoms. The molecule has 8 nitrogen and oxygen atoms in total. The summed E-state index contributed by atoms with van der Waals surface area (Å²) in [5.41, 5.74) is 8.18. The minimum Gasteiger partial charge on any atom is -0.341 e. The van der Waals surface area contributed by atoms with Crippen LogP contribution in [-0.4, -0.2) is 65.1 Å². The van der Waals surface area contributed by atoms with Crippen LogP contribution in [0.4, 0.5) is 11.8 Å². The maximum absolute atomic E-state index is 13.9. The highest BCUT2D eigenvalue weighted by molar-refractivity contribution is 6.17. The quantitative estimate of drug-likeness (QED) is 0.671. The number of carbonyl (C=O) groups excluding carboxylic acids is 1.